The van der Waals surface area contributed by atoms with E-state index < -0.39 is 0 Å². The highest BCUT2D eigenvalue weighted by atomic mass is 35.5. The summed E-state index contributed by atoms with van der Waals surface area (Å²) in [5.41, 5.74) is 1.19. The first-order chi connectivity index (χ1) is 10.5. The number of halogens is 1. The SMILES string of the molecule is CC(C)NC(=O)CNC(=O)c1csc(-c2ccc(Cl)cc2)n1. The summed E-state index contributed by atoms with van der Waals surface area (Å²) in [4.78, 5) is 27.7. The van der Waals surface area contributed by atoms with Crippen molar-refractivity contribution in [3.8, 4) is 10.6 Å². The molecule has 0 aliphatic heterocycles. The Morgan fingerprint density at radius 1 is 1.27 bits per heavy atom. The second kappa shape index (κ2) is 7.38. The van der Waals surface area contributed by atoms with Crippen molar-refractivity contribution < 1.29 is 9.59 Å². The minimum absolute atomic E-state index is 0.0418. The Morgan fingerprint density at radius 3 is 2.59 bits per heavy atom. The summed E-state index contributed by atoms with van der Waals surface area (Å²) in [5, 5.41) is 8.30. The van der Waals surface area contributed by atoms with Gasteiger partial charge < -0.3 is 10.6 Å². The predicted octanol–water partition coefficient (Wildman–Crippen LogP) is 2.72. The van der Waals surface area contributed by atoms with Crippen molar-refractivity contribution in [2.75, 3.05) is 6.54 Å². The van der Waals surface area contributed by atoms with Gasteiger partial charge >= 0.3 is 0 Å². The Morgan fingerprint density at radius 2 is 1.95 bits per heavy atom. The highest BCUT2D eigenvalue weighted by molar-refractivity contribution is 7.13. The lowest BCUT2D eigenvalue weighted by Gasteiger charge is -2.08. The largest absolute Gasteiger partial charge is 0.352 e. The number of aromatic nitrogens is 1. The molecule has 116 valence electrons. The number of hydrogen-bond donors (Lipinski definition) is 2. The van der Waals surface area contributed by atoms with E-state index in [-0.39, 0.29) is 24.4 Å². The van der Waals surface area contributed by atoms with Crippen LogP contribution in [0.3, 0.4) is 0 Å². The molecule has 1 aromatic heterocycles. The van der Waals surface area contributed by atoms with Crippen molar-refractivity contribution >= 4 is 34.8 Å². The second-order valence-electron chi connectivity index (χ2n) is 4.95. The number of rotatable bonds is 5. The highest BCUT2D eigenvalue weighted by Gasteiger charge is 2.13. The molecule has 0 saturated carbocycles. The summed E-state index contributed by atoms with van der Waals surface area (Å²) in [6, 6.07) is 7.28. The topological polar surface area (TPSA) is 71.1 Å². The van der Waals surface area contributed by atoms with Gasteiger partial charge in [0.05, 0.1) is 6.54 Å². The van der Waals surface area contributed by atoms with E-state index in [4.69, 9.17) is 11.6 Å². The molecule has 0 aliphatic rings. The first-order valence-corrected chi connectivity index (χ1v) is 8.00. The lowest BCUT2D eigenvalue weighted by molar-refractivity contribution is -0.120. The zero-order valence-electron chi connectivity index (χ0n) is 12.2. The maximum Gasteiger partial charge on any atom is 0.271 e. The van der Waals surface area contributed by atoms with E-state index in [2.05, 4.69) is 15.6 Å². The average molecular weight is 338 g/mol. The van der Waals surface area contributed by atoms with Crippen LogP contribution in [0, 0.1) is 0 Å². The standard InChI is InChI=1S/C15H16ClN3O2S/c1-9(2)18-13(20)7-17-14(21)12-8-22-15(19-12)10-3-5-11(16)6-4-10/h3-6,8-9H,7H2,1-2H3,(H,17,21)(H,18,20). The van der Waals surface area contributed by atoms with E-state index in [1.807, 2.05) is 26.0 Å². The molecule has 0 fully saturated rings. The van der Waals surface area contributed by atoms with E-state index in [0.29, 0.717) is 10.7 Å². The molecular formula is C15H16ClN3O2S. The zero-order valence-corrected chi connectivity index (χ0v) is 13.8. The van der Waals surface area contributed by atoms with Crippen LogP contribution in [0.25, 0.3) is 10.6 Å². The summed E-state index contributed by atoms with van der Waals surface area (Å²) in [7, 11) is 0. The molecule has 7 heteroatoms. The van der Waals surface area contributed by atoms with Gasteiger partial charge in [-0.25, -0.2) is 4.98 Å². The maximum absolute atomic E-state index is 12.0. The van der Waals surface area contributed by atoms with Gasteiger partial charge in [0, 0.05) is 22.0 Å². The van der Waals surface area contributed by atoms with E-state index >= 15 is 0 Å². The molecule has 1 heterocycles. The molecule has 0 saturated heterocycles. The highest BCUT2D eigenvalue weighted by Crippen LogP contribution is 2.24. The van der Waals surface area contributed by atoms with Gasteiger partial charge in [-0.05, 0) is 26.0 Å². The third-order valence-electron chi connectivity index (χ3n) is 2.69. The Bertz CT molecular complexity index is 668. The van der Waals surface area contributed by atoms with Crippen molar-refractivity contribution in [2.24, 2.45) is 0 Å². The third-order valence-corrected chi connectivity index (χ3v) is 3.83. The minimum Gasteiger partial charge on any atom is -0.352 e. The lowest BCUT2D eigenvalue weighted by atomic mass is 10.2. The van der Waals surface area contributed by atoms with E-state index in [1.165, 1.54) is 11.3 Å². The van der Waals surface area contributed by atoms with E-state index in [9.17, 15) is 9.59 Å². The van der Waals surface area contributed by atoms with Crippen molar-refractivity contribution in [1.82, 2.24) is 15.6 Å². The molecule has 2 N–H and O–H groups in total. The quantitative estimate of drug-likeness (QED) is 0.881. The van der Waals surface area contributed by atoms with Gasteiger partial charge in [0.15, 0.2) is 0 Å². The van der Waals surface area contributed by atoms with E-state index in [1.54, 1.807) is 17.5 Å². The summed E-state index contributed by atoms with van der Waals surface area (Å²) in [6.45, 7) is 3.65. The fourth-order valence-corrected chi connectivity index (χ4v) is 2.66. The first kappa shape index (κ1) is 16.5. The number of thiazole rings is 1. The van der Waals surface area contributed by atoms with Crippen LogP contribution in [-0.2, 0) is 4.79 Å². The van der Waals surface area contributed by atoms with Gasteiger partial charge in [-0.1, -0.05) is 23.7 Å². The number of carbonyl (C=O) groups is 2. The monoisotopic (exact) mass is 337 g/mol. The van der Waals surface area contributed by atoms with Crippen LogP contribution in [0.5, 0.6) is 0 Å². The Labute approximate surface area is 137 Å². The third kappa shape index (κ3) is 4.54. The number of nitrogens with one attached hydrogen (secondary N) is 2. The minimum atomic E-state index is -0.365. The van der Waals surface area contributed by atoms with Crippen LogP contribution in [0.2, 0.25) is 5.02 Å². The molecule has 1 aromatic carbocycles. The molecule has 0 aliphatic carbocycles. The van der Waals surface area contributed by atoms with Gasteiger partial charge in [-0.2, -0.15) is 0 Å². The van der Waals surface area contributed by atoms with Crippen LogP contribution in [-0.4, -0.2) is 29.4 Å². The van der Waals surface area contributed by atoms with Gasteiger partial charge in [0.25, 0.3) is 5.91 Å². The molecule has 2 rings (SSSR count). The first-order valence-electron chi connectivity index (χ1n) is 6.74. The zero-order chi connectivity index (χ0) is 16.1. The fourth-order valence-electron chi connectivity index (χ4n) is 1.73. The van der Waals surface area contributed by atoms with Gasteiger partial charge in [-0.3, -0.25) is 9.59 Å². The smallest absolute Gasteiger partial charge is 0.271 e. The number of benzene rings is 1. The lowest BCUT2D eigenvalue weighted by Crippen LogP contribution is -2.39. The normalized spacial score (nSPS) is 10.5. The second-order valence-corrected chi connectivity index (χ2v) is 6.24. The summed E-state index contributed by atoms with van der Waals surface area (Å²) in [5.74, 6) is -0.591. The van der Waals surface area contributed by atoms with Gasteiger partial charge in [-0.15, -0.1) is 11.3 Å². The molecule has 0 atom stereocenters. The molecule has 5 nitrogen and oxygen atoms in total. The van der Waals surface area contributed by atoms with Crippen molar-refractivity contribution in [2.45, 2.75) is 19.9 Å². The summed E-state index contributed by atoms with van der Waals surface area (Å²) >= 11 is 7.21. The Hall–Kier alpha value is -1.92. The van der Waals surface area contributed by atoms with Crippen LogP contribution in [0.4, 0.5) is 0 Å². The number of nitrogens with zero attached hydrogens (tertiary/aromatic N) is 1. The average Bonchev–Trinajstić information content (AvgIpc) is 2.94. The molecule has 0 spiro atoms. The maximum atomic E-state index is 12.0. The number of amides is 2. The fraction of sp³-hybridized carbons (Fsp3) is 0.267. The predicted molar refractivity (Wildman–Crippen MR) is 88.2 cm³/mol. The van der Waals surface area contributed by atoms with Crippen molar-refractivity contribution in [1.29, 1.82) is 0 Å². The van der Waals surface area contributed by atoms with Crippen LogP contribution in [0.15, 0.2) is 29.6 Å². The van der Waals surface area contributed by atoms with E-state index in [0.717, 1.165) is 10.6 Å². The van der Waals surface area contributed by atoms with Gasteiger partial charge in [0.2, 0.25) is 5.91 Å². The van der Waals surface area contributed by atoms with Crippen LogP contribution in [0.1, 0.15) is 24.3 Å². The summed E-state index contributed by atoms with van der Waals surface area (Å²) in [6.07, 6.45) is 0. The van der Waals surface area contributed by atoms with Gasteiger partial charge in [0.1, 0.15) is 10.7 Å². The molecule has 2 aromatic rings. The van der Waals surface area contributed by atoms with Crippen molar-refractivity contribution in [3.05, 3.63) is 40.4 Å². The number of hydrogen-bond acceptors (Lipinski definition) is 4. The molecule has 0 radical (unpaired) electrons. The Kier molecular flexibility index (Phi) is 5.51. The molecular weight excluding hydrogens is 322 g/mol. The molecule has 0 bridgehead atoms. The molecule has 2 amide bonds. The van der Waals surface area contributed by atoms with Crippen molar-refractivity contribution in [3.63, 3.8) is 0 Å². The Balaban J connectivity index is 1.97. The number of carbonyl (C=O) groups excluding carboxylic acids is 2. The molecule has 22 heavy (non-hydrogen) atoms. The van der Waals surface area contributed by atoms with Crippen LogP contribution < -0.4 is 10.6 Å². The van der Waals surface area contributed by atoms with Crippen LogP contribution >= 0.6 is 22.9 Å². The molecule has 0 unspecified atom stereocenters. The summed E-state index contributed by atoms with van der Waals surface area (Å²) < 4.78 is 0.